The van der Waals surface area contributed by atoms with Crippen LogP contribution in [0.5, 0.6) is 0 Å². The molecule has 1 aliphatic carbocycles. The van der Waals surface area contributed by atoms with E-state index in [-0.39, 0.29) is 49.6 Å². The van der Waals surface area contributed by atoms with Crippen molar-refractivity contribution in [2.45, 2.75) is 107 Å². The molecule has 0 aromatic rings. The van der Waals surface area contributed by atoms with Crippen LogP contribution in [-0.4, -0.2) is 122 Å². The molecule has 0 unspecified atom stereocenters. The highest BCUT2D eigenvalue weighted by molar-refractivity contribution is 5.92. The average molecular weight is 699 g/mol. The number of carboxylic acids is 1. The molecule has 1 saturated carbocycles. The molecule has 0 bridgehead atoms. The smallest absolute Gasteiger partial charge is 0.407 e. The number of hydrogen-bond donors (Lipinski definition) is 8. The first kappa shape index (κ1) is 39.7. The number of alkyl carbamates (subject to hydrolysis) is 1. The number of carbonyl (C=O) groups excluding carboxylic acids is 4. The SMILES string of the molecule is CO[C@@H]1[C@H](OC(=O)NCCNC(=O)[C@@H](CC(=O)O)NC(=O)CNC(=O)[C@H](N)CCCN=C(N)N)CC[C@]2(CO2)[C@H]1[C@@]1(C)O[C@@H]1CCC(C)C. The van der Waals surface area contributed by atoms with E-state index in [9.17, 15) is 29.1 Å². The Hall–Kier alpha value is -3.74. The second-order valence-corrected chi connectivity index (χ2v) is 13.5. The zero-order valence-electron chi connectivity index (χ0n) is 28.8. The van der Waals surface area contributed by atoms with Gasteiger partial charge in [0.1, 0.15) is 29.5 Å². The van der Waals surface area contributed by atoms with Gasteiger partial charge in [-0.15, -0.1) is 0 Å². The molecule has 2 aliphatic heterocycles. The highest BCUT2D eigenvalue weighted by Gasteiger charge is 2.72. The second-order valence-electron chi connectivity index (χ2n) is 13.5. The predicted octanol–water partition coefficient (Wildman–Crippen LogP) is -1.56. The van der Waals surface area contributed by atoms with Gasteiger partial charge >= 0.3 is 12.1 Å². The molecule has 49 heavy (non-hydrogen) atoms. The van der Waals surface area contributed by atoms with E-state index in [2.05, 4.69) is 47.0 Å². The third-order valence-corrected chi connectivity index (χ3v) is 9.21. The van der Waals surface area contributed by atoms with E-state index in [0.717, 1.165) is 12.8 Å². The maximum Gasteiger partial charge on any atom is 0.407 e. The molecular weight excluding hydrogens is 644 g/mol. The molecule has 3 aliphatic rings. The normalized spacial score (nSPS) is 28.1. The highest BCUT2D eigenvalue weighted by Crippen LogP contribution is 2.59. The summed E-state index contributed by atoms with van der Waals surface area (Å²) in [5, 5.41) is 19.0. The van der Waals surface area contributed by atoms with Crippen LogP contribution in [0.3, 0.4) is 0 Å². The third-order valence-electron chi connectivity index (χ3n) is 9.21. The third kappa shape index (κ3) is 11.7. The molecule has 3 fully saturated rings. The Morgan fingerprint density at radius 1 is 1.06 bits per heavy atom. The topological polar surface area (TPSA) is 288 Å². The van der Waals surface area contributed by atoms with Crippen LogP contribution in [0.25, 0.3) is 0 Å². The van der Waals surface area contributed by atoms with Gasteiger partial charge in [-0.05, 0) is 51.4 Å². The minimum atomic E-state index is -1.43. The molecule has 1 spiro atoms. The van der Waals surface area contributed by atoms with Crippen molar-refractivity contribution in [2.24, 2.45) is 34.0 Å². The van der Waals surface area contributed by atoms with E-state index < -0.39 is 72.6 Å². The summed E-state index contributed by atoms with van der Waals surface area (Å²) in [5.74, 6) is -3.16. The van der Waals surface area contributed by atoms with Gasteiger partial charge in [0.15, 0.2) is 5.96 Å². The molecule has 11 N–H and O–H groups in total. The Labute approximate surface area is 286 Å². The van der Waals surface area contributed by atoms with Crippen LogP contribution >= 0.6 is 0 Å². The van der Waals surface area contributed by atoms with Crippen molar-refractivity contribution in [3.05, 3.63) is 0 Å². The molecular formula is C31H54N8O10. The van der Waals surface area contributed by atoms with Crippen LogP contribution in [0.1, 0.15) is 65.7 Å². The number of hydrogen-bond acceptors (Lipinski definition) is 11. The van der Waals surface area contributed by atoms with E-state index in [0.29, 0.717) is 31.8 Å². The lowest BCUT2D eigenvalue weighted by Crippen LogP contribution is -2.56. The summed E-state index contributed by atoms with van der Waals surface area (Å²) in [5.41, 5.74) is 15.5. The molecule has 278 valence electrons. The molecule has 0 aromatic carbocycles. The zero-order valence-corrected chi connectivity index (χ0v) is 28.8. The number of carboxylic acid groups (broad SMARTS) is 1. The molecule has 8 atom stereocenters. The Morgan fingerprint density at radius 3 is 2.37 bits per heavy atom. The van der Waals surface area contributed by atoms with Gasteiger partial charge in [0.25, 0.3) is 0 Å². The van der Waals surface area contributed by atoms with Gasteiger partial charge in [-0.3, -0.25) is 24.2 Å². The van der Waals surface area contributed by atoms with Gasteiger partial charge in [-0.1, -0.05) is 13.8 Å². The summed E-state index contributed by atoms with van der Waals surface area (Å²) in [6.45, 7) is 6.69. The molecule has 2 saturated heterocycles. The number of guanidine groups is 1. The number of nitrogens with one attached hydrogen (secondary N) is 4. The Balaban J connectivity index is 1.42. The minimum absolute atomic E-state index is 0.0333. The number of aliphatic carboxylic acids is 1. The number of amides is 4. The first-order valence-electron chi connectivity index (χ1n) is 16.8. The van der Waals surface area contributed by atoms with E-state index in [1.165, 1.54) is 0 Å². The summed E-state index contributed by atoms with van der Waals surface area (Å²) in [6.07, 6.45) is 1.61. The van der Waals surface area contributed by atoms with Crippen molar-refractivity contribution in [1.29, 1.82) is 0 Å². The summed E-state index contributed by atoms with van der Waals surface area (Å²) in [4.78, 5) is 65.2. The molecule has 18 nitrogen and oxygen atoms in total. The lowest BCUT2D eigenvalue weighted by molar-refractivity contribution is -0.140. The maximum atomic E-state index is 12.8. The first-order chi connectivity index (χ1) is 23.1. The Morgan fingerprint density at radius 2 is 1.76 bits per heavy atom. The van der Waals surface area contributed by atoms with Crippen LogP contribution in [0.4, 0.5) is 4.79 Å². The number of epoxide rings is 2. The van der Waals surface area contributed by atoms with Crippen molar-refractivity contribution in [1.82, 2.24) is 21.3 Å². The van der Waals surface area contributed by atoms with Crippen molar-refractivity contribution in [2.75, 3.05) is 39.9 Å². The van der Waals surface area contributed by atoms with Crippen molar-refractivity contribution in [3.63, 3.8) is 0 Å². The lowest BCUT2D eigenvalue weighted by Gasteiger charge is -2.42. The molecule has 0 radical (unpaired) electrons. The fourth-order valence-electron chi connectivity index (χ4n) is 6.51. The molecule has 18 heteroatoms. The van der Waals surface area contributed by atoms with Crippen molar-refractivity contribution >= 4 is 35.7 Å². The number of carbonyl (C=O) groups is 5. The maximum absolute atomic E-state index is 12.8. The highest BCUT2D eigenvalue weighted by atomic mass is 16.6. The van der Waals surface area contributed by atoms with E-state index >= 15 is 0 Å². The minimum Gasteiger partial charge on any atom is -0.481 e. The average Bonchev–Trinajstić information content (AvgIpc) is 3.95. The van der Waals surface area contributed by atoms with Gasteiger partial charge in [-0.25, -0.2) is 4.79 Å². The Bertz CT molecular complexity index is 1210. The summed E-state index contributed by atoms with van der Waals surface area (Å²) < 4.78 is 23.8. The summed E-state index contributed by atoms with van der Waals surface area (Å²) >= 11 is 0. The van der Waals surface area contributed by atoms with Gasteiger partial charge < -0.3 is 62.5 Å². The number of nitrogens with zero attached hydrogens (tertiary/aromatic N) is 1. The summed E-state index contributed by atoms with van der Waals surface area (Å²) in [6, 6.07) is -2.36. The monoisotopic (exact) mass is 698 g/mol. The number of aliphatic imine (C=N–C) groups is 1. The van der Waals surface area contributed by atoms with Crippen LogP contribution < -0.4 is 38.5 Å². The van der Waals surface area contributed by atoms with E-state index in [1.54, 1.807) is 7.11 Å². The molecule has 4 amide bonds. The van der Waals surface area contributed by atoms with Crippen LogP contribution in [0.2, 0.25) is 0 Å². The molecule has 3 rings (SSSR count). The second kappa shape index (κ2) is 17.8. The molecule has 2 heterocycles. The number of nitrogens with two attached hydrogens (primary N) is 3. The van der Waals surface area contributed by atoms with Gasteiger partial charge in [0.2, 0.25) is 17.7 Å². The quantitative estimate of drug-likeness (QED) is 0.0309. The van der Waals surface area contributed by atoms with Crippen LogP contribution in [0.15, 0.2) is 4.99 Å². The fourth-order valence-corrected chi connectivity index (χ4v) is 6.51. The van der Waals surface area contributed by atoms with Crippen molar-refractivity contribution in [3.8, 4) is 0 Å². The van der Waals surface area contributed by atoms with Gasteiger partial charge in [0, 0.05) is 26.7 Å². The number of methoxy groups -OCH3 is 1. The summed E-state index contributed by atoms with van der Waals surface area (Å²) in [7, 11) is 1.59. The van der Waals surface area contributed by atoms with Gasteiger partial charge in [-0.2, -0.15) is 0 Å². The predicted molar refractivity (Wildman–Crippen MR) is 176 cm³/mol. The Kier molecular flexibility index (Phi) is 14.4. The standard InChI is InChI=1S/C31H54N8O10/c1-17(2)7-8-21-30(3,49-21)25-24(46-4)20(9-10-31(25)16-47-31)48-29(45)37-13-12-35-27(44)19(14-23(41)42)39-22(40)15-38-26(43)18(32)6-5-11-36-28(33)34/h17-21,24-25H,5-16,32H2,1-4H3,(H,35,44)(H,37,45)(H,38,43)(H,39,40)(H,41,42)(H4,33,34,36)/t18-,19-,20-,21-,24-,25-,30+,31+/m1/s1. The first-order valence-corrected chi connectivity index (χ1v) is 16.8. The van der Waals surface area contributed by atoms with E-state index in [4.69, 9.17) is 36.1 Å². The number of ether oxygens (including phenoxy) is 4. The lowest BCUT2D eigenvalue weighted by atomic mass is 9.68. The fraction of sp³-hybridized carbons (Fsp3) is 0.806. The van der Waals surface area contributed by atoms with Crippen LogP contribution in [-0.2, 0) is 38.1 Å². The van der Waals surface area contributed by atoms with Gasteiger partial charge in [0.05, 0.1) is 37.6 Å². The van der Waals surface area contributed by atoms with E-state index in [1.807, 2.05) is 0 Å². The zero-order chi connectivity index (χ0) is 36.4. The largest absolute Gasteiger partial charge is 0.481 e. The van der Waals surface area contributed by atoms with Crippen molar-refractivity contribution < 1.29 is 48.0 Å². The number of rotatable bonds is 20. The van der Waals surface area contributed by atoms with Crippen LogP contribution in [0, 0.1) is 11.8 Å². The molecule has 0 aromatic heterocycles.